The Bertz CT molecular complexity index is 655. The van der Waals surface area contributed by atoms with Gasteiger partial charge in [-0.1, -0.05) is 37.3 Å². The van der Waals surface area contributed by atoms with Crippen LogP contribution in [-0.4, -0.2) is 12.9 Å². The van der Waals surface area contributed by atoms with Gasteiger partial charge >= 0.3 is 0 Å². The number of benzene rings is 2. The highest BCUT2D eigenvalue weighted by Gasteiger charge is 2.21. The van der Waals surface area contributed by atoms with Crippen molar-refractivity contribution in [3.8, 4) is 11.8 Å². The summed E-state index contributed by atoms with van der Waals surface area (Å²) < 4.78 is 5.30. The van der Waals surface area contributed by atoms with E-state index in [1.807, 2.05) is 36.4 Å². The van der Waals surface area contributed by atoms with Crippen LogP contribution in [0.1, 0.15) is 23.7 Å². The van der Waals surface area contributed by atoms with Crippen molar-refractivity contribution >= 4 is 16.6 Å². The fourth-order valence-electron chi connectivity index (χ4n) is 2.15. The van der Waals surface area contributed by atoms with E-state index in [4.69, 9.17) is 10.00 Å². The van der Waals surface area contributed by atoms with E-state index in [-0.39, 0.29) is 18.1 Å². The number of hydrogen-bond acceptors (Lipinski definition) is 3. The van der Waals surface area contributed by atoms with Crippen molar-refractivity contribution in [2.75, 3.05) is 7.11 Å². The Kier molecular flexibility index (Phi) is 3.82. The summed E-state index contributed by atoms with van der Waals surface area (Å²) in [6.07, 6.45) is 0.214. The molecule has 1 atom stereocenters. The average Bonchev–Trinajstić information content (AvgIpc) is 2.45. The van der Waals surface area contributed by atoms with E-state index in [0.29, 0.717) is 11.3 Å². The van der Waals surface area contributed by atoms with Crippen LogP contribution in [0.4, 0.5) is 0 Å². The number of nitriles is 1. The highest BCUT2D eigenvalue weighted by Crippen LogP contribution is 2.30. The van der Waals surface area contributed by atoms with Crippen LogP contribution < -0.4 is 4.74 Å². The van der Waals surface area contributed by atoms with Crippen molar-refractivity contribution in [3.63, 3.8) is 0 Å². The predicted molar refractivity (Wildman–Crippen MR) is 74.2 cm³/mol. The van der Waals surface area contributed by atoms with Crippen molar-refractivity contribution < 1.29 is 9.53 Å². The third-order valence-corrected chi connectivity index (χ3v) is 3.20. The topological polar surface area (TPSA) is 50.1 Å². The Hall–Kier alpha value is -2.34. The summed E-state index contributed by atoms with van der Waals surface area (Å²) in [6.45, 7) is 1.77. The molecule has 96 valence electrons. The Morgan fingerprint density at radius 3 is 2.74 bits per heavy atom. The number of hydrogen-bond donors (Lipinski definition) is 0. The zero-order chi connectivity index (χ0) is 13.8. The van der Waals surface area contributed by atoms with Gasteiger partial charge in [-0.25, -0.2) is 0 Å². The largest absolute Gasteiger partial charge is 0.496 e. The Morgan fingerprint density at radius 2 is 2.05 bits per heavy atom. The van der Waals surface area contributed by atoms with Gasteiger partial charge in [-0.3, -0.25) is 4.79 Å². The van der Waals surface area contributed by atoms with Crippen molar-refractivity contribution in [1.82, 2.24) is 0 Å². The second-order valence-electron chi connectivity index (χ2n) is 4.49. The monoisotopic (exact) mass is 253 g/mol. The molecule has 0 radical (unpaired) electrons. The SMILES string of the molecule is COc1ccc2ccccc2c1C(=O)C(C)CC#N. The molecule has 19 heavy (non-hydrogen) atoms. The van der Waals surface area contributed by atoms with Gasteiger partial charge in [-0.2, -0.15) is 5.26 Å². The molecule has 0 saturated heterocycles. The molecule has 0 N–H and O–H groups in total. The normalized spacial score (nSPS) is 11.8. The summed E-state index contributed by atoms with van der Waals surface area (Å²) >= 11 is 0. The van der Waals surface area contributed by atoms with Crippen molar-refractivity contribution in [2.45, 2.75) is 13.3 Å². The average molecular weight is 253 g/mol. The molecule has 0 bridgehead atoms. The minimum atomic E-state index is -0.329. The summed E-state index contributed by atoms with van der Waals surface area (Å²) in [6, 6.07) is 13.5. The van der Waals surface area contributed by atoms with Crippen LogP contribution >= 0.6 is 0 Å². The molecule has 0 saturated carbocycles. The van der Waals surface area contributed by atoms with E-state index in [1.165, 1.54) is 0 Å². The molecule has 0 heterocycles. The number of Topliss-reactive ketones (excluding diaryl/α,β-unsaturated/α-hetero) is 1. The molecule has 0 amide bonds. The summed E-state index contributed by atoms with van der Waals surface area (Å²) in [5.41, 5.74) is 0.573. The van der Waals surface area contributed by atoms with Gasteiger partial charge < -0.3 is 4.74 Å². The summed E-state index contributed by atoms with van der Waals surface area (Å²) in [5, 5.41) is 10.6. The number of ether oxygens (including phenoxy) is 1. The lowest BCUT2D eigenvalue weighted by Crippen LogP contribution is -2.12. The number of nitrogens with zero attached hydrogens (tertiary/aromatic N) is 1. The van der Waals surface area contributed by atoms with E-state index in [1.54, 1.807) is 20.1 Å². The fourth-order valence-corrected chi connectivity index (χ4v) is 2.15. The quantitative estimate of drug-likeness (QED) is 0.782. The standard InChI is InChI=1S/C16H15NO2/c1-11(9-10-17)16(18)15-13-6-4-3-5-12(13)7-8-14(15)19-2/h3-8,11H,9H2,1-2H3. The van der Waals surface area contributed by atoms with Gasteiger partial charge in [-0.05, 0) is 16.8 Å². The molecule has 0 aliphatic rings. The van der Waals surface area contributed by atoms with Crippen LogP contribution in [-0.2, 0) is 0 Å². The van der Waals surface area contributed by atoms with E-state index >= 15 is 0 Å². The minimum Gasteiger partial charge on any atom is -0.496 e. The van der Waals surface area contributed by atoms with E-state index in [9.17, 15) is 4.79 Å². The first-order valence-electron chi connectivity index (χ1n) is 6.16. The lowest BCUT2D eigenvalue weighted by molar-refractivity contribution is 0.0930. The molecule has 0 aliphatic carbocycles. The molecule has 3 nitrogen and oxygen atoms in total. The van der Waals surface area contributed by atoms with E-state index in [0.717, 1.165) is 10.8 Å². The molecule has 0 aliphatic heterocycles. The summed E-state index contributed by atoms with van der Waals surface area (Å²) in [7, 11) is 1.55. The number of rotatable bonds is 4. The molecular formula is C16H15NO2. The van der Waals surface area contributed by atoms with Crippen LogP contribution in [0, 0.1) is 17.2 Å². The van der Waals surface area contributed by atoms with Crippen LogP contribution in [0.3, 0.4) is 0 Å². The number of carbonyl (C=O) groups is 1. The van der Waals surface area contributed by atoms with E-state index in [2.05, 4.69) is 0 Å². The Balaban J connectivity index is 2.63. The molecule has 0 spiro atoms. The third-order valence-electron chi connectivity index (χ3n) is 3.20. The molecule has 3 heteroatoms. The second-order valence-corrected chi connectivity index (χ2v) is 4.49. The first kappa shape index (κ1) is 13.1. The lowest BCUT2D eigenvalue weighted by atomic mass is 9.92. The van der Waals surface area contributed by atoms with Crippen molar-refractivity contribution in [1.29, 1.82) is 5.26 Å². The molecule has 2 aromatic rings. The maximum absolute atomic E-state index is 12.5. The van der Waals surface area contributed by atoms with Gasteiger partial charge in [-0.15, -0.1) is 0 Å². The van der Waals surface area contributed by atoms with Crippen LogP contribution in [0.5, 0.6) is 5.75 Å². The number of carbonyl (C=O) groups excluding carboxylic acids is 1. The van der Waals surface area contributed by atoms with E-state index < -0.39 is 0 Å². The third kappa shape index (κ3) is 2.43. The number of fused-ring (bicyclic) bond motifs is 1. The fraction of sp³-hybridized carbons (Fsp3) is 0.250. The number of ketones is 1. The second kappa shape index (κ2) is 5.53. The van der Waals surface area contributed by atoms with Crippen molar-refractivity contribution in [3.05, 3.63) is 42.0 Å². The molecule has 2 rings (SSSR count). The molecule has 0 fully saturated rings. The predicted octanol–water partition coefficient (Wildman–Crippen LogP) is 3.58. The van der Waals surface area contributed by atoms with Gasteiger partial charge in [0.1, 0.15) is 5.75 Å². The summed E-state index contributed by atoms with van der Waals surface area (Å²) in [4.78, 5) is 12.5. The van der Waals surface area contributed by atoms with Gasteiger partial charge in [0, 0.05) is 12.3 Å². The Morgan fingerprint density at radius 1 is 1.32 bits per heavy atom. The molecule has 1 unspecified atom stereocenters. The highest BCUT2D eigenvalue weighted by molar-refractivity contribution is 6.11. The molecule has 2 aromatic carbocycles. The van der Waals surface area contributed by atoms with Gasteiger partial charge in [0.05, 0.1) is 18.7 Å². The first-order valence-corrected chi connectivity index (χ1v) is 6.16. The lowest BCUT2D eigenvalue weighted by Gasteiger charge is -2.13. The van der Waals surface area contributed by atoms with Gasteiger partial charge in [0.25, 0.3) is 0 Å². The van der Waals surface area contributed by atoms with Crippen LogP contribution in [0.15, 0.2) is 36.4 Å². The Labute approximate surface area is 112 Å². The van der Waals surface area contributed by atoms with Crippen molar-refractivity contribution in [2.24, 2.45) is 5.92 Å². The van der Waals surface area contributed by atoms with Crippen LogP contribution in [0.2, 0.25) is 0 Å². The minimum absolute atomic E-state index is 0.0461. The summed E-state index contributed by atoms with van der Waals surface area (Å²) in [5.74, 6) is 0.188. The molecule has 0 aromatic heterocycles. The maximum Gasteiger partial charge on any atom is 0.171 e. The highest BCUT2D eigenvalue weighted by atomic mass is 16.5. The zero-order valence-corrected chi connectivity index (χ0v) is 11.0. The van der Waals surface area contributed by atoms with Gasteiger partial charge in [0.15, 0.2) is 5.78 Å². The first-order chi connectivity index (χ1) is 9.19. The maximum atomic E-state index is 12.5. The smallest absolute Gasteiger partial charge is 0.171 e. The zero-order valence-electron chi connectivity index (χ0n) is 11.0. The van der Waals surface area contributed by atoms with Gasteiger partial charge in [0.2, 0.25) is 0 Å². The number of methoxy groups -OCH3 is 1. The van der Waals surface area contributed by atoms with Crippen LogP contribution in [0.25, 0.3) is 10.8 Å². The molecular weight excluding hydrogens is 238 g/mol.